The van der Waals surface area contributed by atoms with E-state index in [0.717, 1.165) is 19.3 Å². The minimum atomic E-state index is 0.911. The van der Waals surface area contributed by atoms with Gasteiger partial charge in [-0.05, 0) is 32.0 Å². The molecule has 1 aromatic carbocycles. The number of rotatable bonds is 11. The highest BCUT2D eigenvalue weighted by atomic mass is 28.1. The van der Waals surface area contributed by atoms with E-state index < -0.39 is 0 Å². The van der Waals surface area contributed by atoms with Crippen LogP contribution in [0.2, 0.25) is 0 Å². The van der Waals surface area contributed by atoms with E-state index in [2.05, 4.69) is 51.2 Å². The van der Waals surface area contributed by atoms with Crippen molar-refractivity contribution in [1.82, 2.24) is 5.32 Å². The van der Waals surface area contributed by atoms with Crippen LogP contribution in [0.5, 0.6) is 0 Å². The molecule has 18 heavy (non-hydrogen) atoms. The maximum absolute atomic E-state index is 3.41. The lowest BCUT2D eigenvalue weighted by molar-refractivity contribution is -0.671. The maximum atomic E-state index is 3.41. The standard InChI is InChI=1S/C15H25N2Si/c18-14-17-12-8-3-1-2-7-11-16-13-15-9-5-4-6-10-15/h4-6,9-10,16-17H,1-3,7-8,11-14H2/p+1. The third-order valence-electron chi connectivity index (χ3n) is 3.11. The van der Waals surface area contributed by atoms with Gasteiger partial charge in [-0.2, -0.15) is 0 Å². The highest BCUT2D eigenvalue weighted by Gasteiger charge is 1.95. The molecule has 0 saturated carbocycles. The zero-order valence-electron chi connectivity index (χ0n) is 11.3. The molecule has 0 atom stereocenters. The SMILES string of the molecule is [Si]CNCCCCCCC[NH2+]Cc1ccccc1. The van der Waals surface area contributed by atoms with Crippen LogP contribution in [0.25, 0.3) is 0 Å². The van der Waals surface area contributed by atoms with Gasteiger partial charge in [0.2, 0.25) is 0 Å². The zero-order chi connectivity index (χ0) is 12.9. The Balaban J connectivity index is 1.82. The molecule has 0 aliphatic rings. The van der Waals surface area contributed by atoms with Gasteiger partial charge in [-0.1, -0.05) is 43.2 Å². The van der Waals surface area contributed by atoms with E-state index in [1.54, 1.807) is 0 Å². The number of quaternary nitrogens is 1. The molecule has 0 unspecified atom stereocenters. The first-order valence-electron chi connectivity index (χ1n) is 7.14. The highest BCUT2D eigenvalue weighted by Crippen LogP contribution is 2.01. The average molecular weight is 262 g/mol. The van der Waals surface area contributed by atoms with Gasteiger partial charge in [0, 0.05) is 15.8 Å². The van der Waals surface area contributed by atoms with E-state index in [0.29, 0.717) is 0 Å². The quantitative estimate of drug-likeness (QED) is 0.458. The molecule has 0 aromatic heterocycles. The molecule has 99 valence electrons. The van der Waals surface area contributed by atoms with E-state index in [4.69, 9.17) is 0 Å². The number of hydrogen-bond donors (Lipinski definition) is 2. The van der Waals surface area contributed by atoms with Crippen molar-refractivity contribution in [1.29, 1.82) is 0 Å². The van der Waals surface area contributed by atoms with E-state index in [1.165, 1.54) is 44.2 Å². The van der Waals surface area contributed by atoms with E-state index >= 15 is 0 Å². The summed E-state index contributed by atoms with van der Waals surface area (Å²) in [4.78, 5) is 0. The Morgan fingerprint density at radius 2 is 1.67 bits per heavy atom. The maximum Gasteiger partial charge on any atom is 0.101 e. The van der Waals surface area contributed by atoms with Gasteiger partial charge in [0.15, 0.2) is 0 Å². The smallest absolute Gasteiger partial charge is 0.101 e. The number of hydrogen-bond acceptors (Lipinski definition) is 1. The molecule has 2 nitrogen and oxygen atoms in total. The van der Waals surface area contributed by atoms with Crippen LogP contribution in [-0.2, 0) is 6.54 Å². The first kappa shape index (κ1) is 15.4. The largest absolute Gasteiger partial charge is 0.343 e. The van der Waals surface area contributed by atoms with E-state index in [1.807, 2.05) is 0 Å². The summed E-state index contributed by atoms with van der Waals surface area (Å²) in [6, 6.07) is 10.7. The molecule has 3 N–H and O–H groups in total. The fourth-order valence-corrected chi connectivity index (χ4v) is 2.22. The Bertz CT molecular complexity index is 277. The van der Waals surface area contributed by atoms with Crippen LogP contribution in [0.15, 0.2) is 30.3 Å². The number of nitrogens with one attached hydrogen (secondary N) is 1. The molecule has 0 aliphatic heterocycles. The van der Waals surface area contributed by atoms with Crippen molar-refractivity contribution < 1.29 is 5.32 Å². The summed E-state index contributed by atoms with van der Waals surface area (Å²) in [5.41, 5.74) is 1.43. The number of unbranched alkanes of at least 4 members (excludes halogenated alkanes) is 4. The molecule has 0 bridgehead atoms. The van der Waals surface area contributed by atoms with Crippen LogP contribution in [0, 0.1) is 0 Å². The Morgan fingerprint density at radius 3 is 2.44 bits per heavy atom. The Morgan fingerprint density at radius 1 is 0.944 bits per heavy atom. The van der Waals surface area contributed by atoms with Crippen molar-refractivity contribution in [2.45, 2.75) is 38.6 Å². The molecule has 0 aliphatic carbocycles. The van der Waals surface area contributed by atoms with Crippen molar-refractivity contribution in [3.63, 3.8) is 0 Å². The van der Waals surface area contributed by atoms with Gasteiger partial charge in [-0.25, -0.2) is 0 Å². The third-order valence-corrected chi connectivity index (χ3v) is 3.36. The van der Waals surface area contributed by atoms with Crippen molar-refractivity contribution >= 4 is 10.2 Å². The monoisotopic (exact) mass is 262 g/mol. The van der Waals surface area contributed by atoms with Crippen LogP contribution < -0.4 is 10.6 Å². The second-order valence-corrected chi connectivity index (χ2v) is 5.07. The predicted molar refractivity (Wildman–Crippen MR) is 78.6 cm³/mol. The topological polar surface area (TPSA) is 28.6 Å². The van der Waals surface area contributed by atoms with Gasteiger partial charge in [-0.15, -0.1) is 0 Å². The van der Waals surface area contributed by atoms with Gasteiger partial charge in [0.05, 0.1) is 6.54 Å². The molecule has 0 saturated heterocycles. The Kier molecular flexibility index (Phi) is 9.80. The number of benzene rings is 1. The van der Waals surface area contributed by atoms with Crippen molar-refractivity contribution in [3.8, 4) is 0 Å². The van der Waals surface area contributed by atoms with Gasteiger partial charge in [-0.3, -0.25) is 0 Å². The number of nitrogens with two attached hydrogens (primary N) is 1. The second kappa shape index (κ2) is 11.4. The summed E-state index contributed by atoms with van der Waals surface area (Å²) < 4.78 is 0. The molecular formula is C15H26N2Si+. The molecule has 0 fully saturated rings. The minimum absolute atomic E-state index is 0.911. The first-order valence-corrected chi connectivity index (χ1v) is 7.85. The minimum Gasteiger partial charge on any atom is -0.343 e. The molecule has 0 spiro atoms. The van der Waals surface area contributed by atoms with Gasteiger partial charge in [0.1, 0.15) is 6.54 Å². The Hall–Kier alpha value is -0.643. The summed E-state index contributed by atoms with van der Waals surface area (Å²) in [5.74, 6) is 0. The van der Waals surface area contributed by atoms with Crippen LogP contribution >= 0.6 is 0 Å². The fourth-order valence-electron chi connectivity index (χ4n) is 2.04. The Labute approximate surface area is 115 Å². The summed E-state index contributed by atoms with van der Waals surface area (Å²) in [6.45, 7) is 3.52. The van der Waals surface area contributed by atoms with Gasteiger partial charge < -0.3 is 10.6 Å². The lowest BCUT2D eigenvalue weighted by Gasteiger charge is -2.03. The lowest BCUT2D eigenvalue weighted by atomic mass is 10.1. The summed E-state index contributed by atoms with van der Waals surface area (Å²) in [5, 5.41) is 5.70. The molecule has 3 radical (unpaired) electrons. The summed E-state index contributed by atoms with van der Waals surface area (Å²) in [6.07, 6.45) is 7.67. The van der Waals surface area contributed by atoms with Crippen LogP contribution in [-0.4, -0.2) is 29.5 Å². The van der Waals surface area contributed by atoms with Gasteiger partial charge in [0.25, 0.3) is 0 Å². The molecule has 0 amide bonds. The highest BCUT2D eigenvalue weighted by molar-refractivity contribution is 6.08. The van der Waals surface area contributed by atoms with Crippen molar-refractivity contribution in [2.75, 3.05) is 19.3 Å². The second-order valence-electron chi connectivity index (χ2n) is 4.71. The van der Waals surface area contributed by atoms with Gasteiger partial charge >= 0.3 is 0 Å². The average Bonchev–Trinajstić information content (AvgIpc) is 2.42. The van der Waals surface area contributed by atoms with E-state index in [9.17, 15) is 0 Å². The molecule has 1 rings (SSSR count). The van der Waals surface area contributed by atoms with Crippen LogP contribution in [0.3, 0.4) is 0 Å². The third kappa shape index (κ3) is 8.45. The molecule has 1 aromatic rings. The molecule has 3 heteroatoms. The van der Waals surface area contributed by atoms with Crippen LogP contribution in [0.1, 0.15) is 37.7 Å². The van der Waals surface area contributed by atoms with Crippen molar-refractivity contribution in [2.24, 2.45) is 0 Å². The predicted octanol–water partition coefficient (Wildman–Crippen LogP) is 1.42. The zero-order valence-corrected chi connectivity index (χ0v) is 12.3. The van der Waals surface area contributed by atoms with E-state index in [-0.39, 0.29) is 0 Å². The molecular weight excluding hydrogens is 236 g/mol. The normalized spacial score (nSPS) is 10.7. The first-order chi connectivity index (χ1) is 8.93. The molecule has 0 heterocycles. The van der Waals surface area contributed by atoms with Crippen LogP contribution in [0.4, 0.5) is 0 Å². The fraction of sp³-hybridized carbons (Fsp3) is 0.600. The van der Waals surface area contributed by atoms with Crippen molar-refractivity contribution in [3.05, 3.63) is 35.9 Å². The summed E-state index contributed by atoms with van der Waals surface area (Å²) >= 11 is 0. The lowest BCUT2D eigenvalue weighted by Crippen LogP contribution is -2.82. The summed E-state index contributed by atoms with van der Waals surface area (Å²) in [7, 11) is 3.41.